The normalized spacial score (nSPS) is 11.1. The Morgan fingerprint density at radius 2 is 1.80 bits per heavy atom. The second kappa shape index (κ2) is 10.2. The van der Waals surface area contributed by atoms with E-state index in [1.807, 2.05) is 18.2 Å². The lowest BCUT2D eigenvalue weighted by Crippen LogP contribution is -1.95. The van der Waals surface area contributed by atoms with Crippen LogP contribution in [0.4, 0.5) is 0 Å². The molecule has 0 aliphatic carbocycles. The predicted octanol–water partition coefficient (Wildman–Crippen LogP) is 4.81. The number of rotatable bonds is 10. The number of phenols is 1. The monoisotopic (exact) mass is 274 g/mol. The van der Waals surface area contributed by atoms with Crippen LogP contribution in [0.2, 0.25) is 0 Å². The lowest BCUT2D eigenvalue weighted by atomic mass is 10.1. The molecule has 0 atom stereocenters. The number of aromatic hydroxyl groups is 1. The second-order valence-corrected chi connectivity index (χ2v) is 5.24. The number of carbonyl (C=O) groups is 1. The Hall–Kier alpha value is -1.57. The summed E-state index contributed by atoms with van der Waals surface area (Å²) in [5.41, 5.74) is 1.09. The summed E-state index contributed by atoms with van der Waals surface area (Å²) in [7, 11) is 0. The molecule has 0 amide bonds. The second-order valence-electron chi connectivity index (χ2n) is 5.24. The Labute approximate surface area is 122 Å². The molecule has 0 fully saturated rings. The van der Waals surface area contributed by atoms with Crippen molar-refractivity contribution in [1.29, 1.82) is 0 Å². The van der Waals surface area contributed by atoms with Gasteiger partial charge in [-0.1, -0.05) is 50.8 Å². The van der Waals surface area contributed by atoms with Crippen molar-refractivity contribution in [3.63, 3.8) is 0 Å². The van der Waals surface area contributed by atoms with Gasteiger partial charge >= 0.3 is 0 Å². The molecular weight excluding hydrogens is 248 g/mol. The largest absolute Gasteiger partial charge is 0.508 e. The third-order valence-electron chi connectivity index (χ3n) is 3.37. The van der Waals surface area contributed by atoms with Crippen LogP contribution in [0.5, 0.6) is 5.75 Å². The van der Waals surface area contributed by atoms with Crippen molar-refractivity contribution < 1.29 is 9.90 Å². The van der Waals surface area contributed by atoms with E-state index < -0.39 is 0 Å². The minimum Gasteiger partial charge on any atom is -0.508 e. The molecule has 0 bridgehead atoms. The summed E-state index contributed by atoms with van der Waals surface area (Å²) >= 11 is 0. The van der Waals surface area contributed by atoms with Crippen molar-refractivity contribution in [3.8, 4) is 5.75 Å². The Bertz CT molecular complexity index is 404. The van der Waals surface area contributed by atoms with E-state index in [2.05, 4.69) is 6.92 Å². The first-order valence-corrected chi connectivity index (χ1v) is 7.69. The highest BCUT2D eigenvalue weighted by Gasteiger charge is 1.99. The fourth-order valence-corrected chi connectivity index (χ4v) is 2.09. The van der Waals surface area contributed by atoms with Gasteiger partial charge in [-0.05, 0) is 43.0 Å². The van der Waals surface area contributed by atoms with Crippen LogP contribution in [0.15, 0.2) is 36.4 Å². The predicted molar refractivity (Wildman–Crippen MR) is 84.0 cm³/mol. The number of hydrogen-bond acceptors (Lipinski definition) is 2. The molecule has 0 aromatic heterocycles. The zero-order valence-corrected chi connectivity index (χ0v) is 12.5. The van der Waals surface area contributed by atoms with E-state index in [1.54, 1.807) is 18.2 Å². The highest BCUT2D eigenvalue weighted by atomic mass is 16.3. The fourth-order valence-electron chi connectivity index (χ4n) is 2.09. The molecule has 110 valence electrons. The lowest BCUT2D eigenvalue weighted by molar-refractivity contribution is -0.114. The first kappa shape index (κ1) is 16.5. The van der Waals surface area contributed by atoms with Gasteiger partial charge < -0.3 is 5.11 Å². The van der Waals surface area contributed by atoms with Crippen molar-refractivity contribution in [2.45, 2.75) is 58.3 Å². The van der Waals surface area contributed by atoms with Gasteiger partial charge in [-0.15, -0.1) is 0 Å². The van der Waals surface area contributed by atoms with E-state index in [4.69, 9.17) is 0 Å². The van der Waals surface area contributed by atoms with E-state index in [-0.39, 0.29) is 11.5 Å². The maximum absolute atomic E-state index is 11.7. The number of carbonyl (C=O) groups excluding carboxylic acids is 1. The minimum atomic E-state index is 0.187. The van der Waals surface area contributed by atoms with Gasteiger partial charge in [0.25, 0.3) is 0 Å². The first-order chi connectivity index (χ1) is 9.72. The number of ketones is 1. The van der Waals surface area contributed by atoms with Crippen molar-refractivity contribution in [2.24, 2.45) is 0 Å². The molecule has 0 aliphatic rings. The van der Waals surface area contributed by atoms with E-state index in [0.717, 1.165) is 18.4 Å². The summed E-state index contributed by atoms with van der Waals surface area (Å²) < 4.78 is 0. The Balaban J connectivity index is 2.12. The zero-order valence-electron chi connectivity index (χ0n) is 12.5. The van der Waals surface area contributed by atoms with Gasteiger partial charge in [0.2, 0.25) is 0 Å². The third-order valence-corrected chi connectivity index (χ3v) is 3.37. The molecule has 0 unspecified atom stereocenters. The van der Waals surface area contributed by atoms with Crippen LogP contribution in [0.25, 0.3) is 0 Å². The van der Waals surface area contributed by atoms with Gasteiger partial charge in [0.15, 0.2) is 5.78 Å². The molecule has 20 heavy (non-hydrogen) atoms. The molecule has 1 aromatic rings. The molecule has 0 heterocycles. The van der Waals surface area contributed by atoms with Crippen LogP contribution in [-0.2, 0) is 11.2 Å². The van der Waals surface area contributed by atoms with Crippen molar-refractivity contribution in [2.75, 3.05) is 0 Å². The topological polar surface area (TPSA) is 37.3 Å². The molecule has 0 spiro atoms. The molecule has 2 nitrogen and oxygen atoms in total. The average molecular weight is 274 g/mol. The summed E-state index contributed by atoms with van der Waals surface area (Å²) in [6.45, 7) is 2.21. The quantitative estimate of drug-likeness (QED) is 0.491. The van der Waals surface area contributed by atoms with Gasteiger partial charge in [-0.3, -0.25) is 4.79 Å². The van der Waals surface area contributed by atoms with Crippen molar-refractivity contribution >= 4 is 5.78 Å². The Morgan fingerprint density at radius 1 is 1.10 bits per heavy atom. The standard InChI is InChI=1S/C18H26O2/c1-2-3-4-5-6-7-8-9-17(19)13-10-16-11-14-18(20)15-12-16/h8-9,11-12,14-15,20H,2-7,10,13H2,1H3. The average Bonchev–Trinajstić information content (AvgIpc) is 2.46. The molecule has 0 saturated heterocycles. The number of phenolic OH excluding ortho intramolecular Hbond substituents is 1. The zero-order chi connectivity index (χ0) is 14.6. The molecule has 0 aliphatic heterocycles. The molecule has 1 aromatic carbocycles. The maximum Gasteiger partial charge on any atom is 0.155 e. The number of unbranched alkanes of at least 4 members (excludes halogenated alkanes) is 5. The van der Waals surface area contributed by atoms with Crippen LogP contribution in [0.1, 0.15) is 57.4 Å². The van der Waals surface area contributed by atoms with Crippen molar-refractivity contribution in [1.82, 2.24) is 0 Å². The molecular formula is C18H26O2. The molecule has 1 rings (SSSR count). The highest BCUT2D eigenvalue weighted by molar-refractivity contribution is 5.89. The third kappa shape index (κ3) is 7.78. The van der Waals surface area contributed by atoms with E-state index in [0.29, 0.717) is 6.42 Å². The van der Waals surface area contributed by atoms with E-state index in [9.17, 15) is 9.90 Å². The number of allylic oxidation sites excluding steroid dienone is 2. The minimum absolute atomic E-state index is 0.187. The van der Waals surface area contributed by atoms with Gasteiger partial charge in [-0.2, -0.15) is 0 Å². The maximum atomic E-state index is 11.7. The number of hydrogen-bond donors (Lipinski definition) is 1. The van der Waals surface area contributed by atoms with Crippen LogP contribution in [-0.4, -0.2) is 10.9 Å². The Kier molecular flexibility index (Phi) is 8.44. The molecule has 1 N–H and O–H groups in total. The van der Waals surface area contributed by atoms with Gasteiger partial charge in [0, 0.05) is 6.42 Å². The van der Waals surface area contributed by atoms with Crippen LogP contribution >= 0.6 is 0 Å². The molecule has 2 heteroatoms. The Morgan fingerprint density at radius 3 is 2.50 bits per heavy atom. The van der Waals surface area contributed by atoms with E-state index in [1.165, 1.54) is 32.1 Å². The van der Waals surface area contributed by atoms with Crippen LogP contribution in [0, 0.1) is 0 Å². The number of benzene rings is 1. The number of aryl methyl sites for hydroxylation is 1. The van der Waals surface area contributed by atoms with Crippen LogP contribution in [0.3, 0.4) is 0 Å². The smallest absolute Gasteiger partial charge is 0.155 e. The fraction of sp³-hybridized carbons (Fsp3) is 0.500. The summed E-state index contributed by atoms with van der Waals surface area (Å²) in [5, 5.41) is 9.18. The SMILES string of the molecule is CCCCCCCC=CC(=O)CCc1ccc(O)cc1. The summed E-state index contributed by atoms with van der Waals surface area (Å²) in [6.07, 6.45) is 12.3. The highest BCUT2D eigenvalue weighted by Crippen LogP contribution is 2.11. The lowest BCUT2D eigenvalue weighted by Gasteiger charge is -1.99. The first-order valence-electron chi connectivity index (χ1n) is 7.69. The van der Waals surface area contributed by atoms with Gasteiger partial charge in [-0.25, -0.2) is 0 Å². The molecule has 0 radical (unpaired) electrons. The summed E-state index contributed by atoms with van der Waals surface area (Å²) in [6, 6.07) is 7.04. The summed E-state index contributed by atoms with van der Waals surface area (Å²) in [5.74, 6) is 0.453. The molecule has 0 saturated carbocycles. The van der Waals surface area contributed by atoms with Crippen LogP contribution < -0.4 is 0 Å². The van der Waals surface area contributed by atoms with Gasteiger partial charge in [0.1, 0.15) is 5.75 Å². The van der Waals surface area contributed by atoms with Crippen molar-refractivity contribution in [3.05, 3.63) is 42.0 Å². The summed E-state index contributed by atoms with van der Waals surface area (Å²) in [4.78, 5) is 11.7. The van der Waals surface area contributed by atoms with E-state index >= 15 is 0 Å². The van der Waals surface area contributed by atoms with Gasteiger partial charge in [0.05, 0.1) is 0 Å².